The van der Waals surface area contributed by atoms with E-state index in [-0.39, 0.29) is 41.3 Å². The van der Waals surface area contributed by atoms with Crippen molar-refractivity contribution in [2.45, 2.75) is 13.0 Å². The van der Waals surface area contributed by atoms with Crippen molar-refractivity contribution in [1.29, 1.82) is 0 Å². The van der Waals surface area contributed by atoms with E-state index in [1.165, 1.54) is 4.90 Å². The first-order valence-corrected chi connectivity index (χ1v) is 9.34. The van der Waals surface area contributed by atoms with Crippen molar-refractivity contribution in [2.24, 2.45) is 23.7 Å². The summed E-state index contributed by atoms with van der Waals surface area (Å²) in [4.78, 5) is 39.8. The lowest BCUT2D eigenvalue weighted by Gasteiger charge is -2.40. The molecule has 4 atom stereocenters. The first-order valence-electron chi connectivity index (χ1n) is 9.34. The molecule has 0 radical (unpaired) electrons. The van der Waals surface area contributed by atoms with Gasteiger partial charge in [0, 0.05) is 12.3 Å². The van der Waals surface area contributed by atoms with Crippen LogP contribution in [0.25, 0.3) is 6.08 Å². The van der Waals surface area contributed by atoms with Crippen molar-refractivity contribution < 1.29 is 14.4 Å². The molecule has 1 heterocycles. The Kier molecular flexibility index (Phi) is 3.61. The molecule has 0 spiro atoms. The number of benzene rings is 2. The minimum absolute atomic E-state index is 0.0188. The highest BCUT2D eigenvalue weighted by Crippen LogP contribution is 2.60. The van der Waals surface area contributed by atoms with E-state index in [2.05, 4.69) is 0 Å². The molecular weight excluding hydrogens is 338 g/mol. The third-order valence-corrected chi connectivity index (χ3v) is 6.21. The summed E-state index contributed by atoms with van der Waals surface area (Å²) in [6.07, 6.45) is 2.28. The number of amides is 2. The van der Waals surface area contributed by atoms with Crippen LogP contribution in [0.4, 0.5) is 0 Å². The van der Waals surface area contributed by atoms with Gasteiger partial charge < -0.3 is 0 Å². The van der Waals surface area contributed by atoms with Gasteiger partial charge in [0.1, 0.15) is 0 Å². The molecule has 2 aliphatic carbocycles. The maximum absolute atomic E-state index is 13.0. The molecule has 27 heavy (non-hydrogen) atoms. The van der Waals surface area contributed by atoms with Gasteiger partial charge in [0.25, 0.3) is 0 Å². The van der Waals surface area contributed by atoms with Gasteiger partial charge in [-0.3, -0.25) is 19.3 Å². The average molecular weight is 357 g/mol. The summed E-state index contributed by atoms with van der Waals surface area (Å²) in [5, 5.41) is 0. The van der Waals surface area contributed by atoms with Gasteiger partial charge >= 0.3 is 0 Å². The zero-order valence-electron chi connectivity index (χ0n) is 14.7. The van der Waals surface area contributed by atoms with Crippen LogP contribution in [0.5, 0.6) is 0 Å². The zero-order valence-corrected chi connectivity index (χ0v) is 14.7. The Morgan fingerprint density at radius 2 is 1.44 bits per heavy atom. The molecule has 0 unspecified atom stereocenters. The summed E-state index contributed by atoms with van der Waals surface area (Å²) >= 11 is 0. The highest BCUT2D eigenvalue weighted by atomic mass is 16.2. The molecule has 2 saturated carbocycles. The van der Waals surface area contributed by atoms with Gasteiger partial charge in [-0.2, -0.15) is 0 Å². The van der Waals surface area contributed by atoms with E-state index in [9.17, 15) is 14.4 Å². The summed E-state index contributed by atoms with van der Waals surface area (Å²) in [5.41, 5.74) is 2.62. The number of allylic oxidation sites excluding steroid dienone is 1. The fourth-order valence-electron chi connectivity index (χ4n) is 4.97. The van der Waals surface area contributed by atoms with Crippen LogP contribution in [0.15, 0.2) is 66.2 Å². The first-order chi connectivity index (χ1) is 13.1. The third kappa shape index (κ3) is 2.40. The molecule has 2 aromatic carbocycles. The minimum Gasteiger partial charge on any atom is -0.295 e. The van der Waals surface area contributed by atoms with Crippen LogP contribution in [-0.4, -0.2) is 22.5 Å². The van der Waals surface area contributed by atoms with Crippen LogP contribution in [0, 0.1) is 23.7 Å². The third-order valence-electron chi connectivity index (χ3n) is 6.21. The minimum atomic E-state index is -0.368. The van der Waals surface area contributed by atoms with E-state index < -0.39 is 0 Å². The SMILES string of the molecule is O=C1C[C@H]2[C@@H]3C(=O)N(Cc4ccccc4)C(=O)[C@@H]3[C@H]2/C1=C\c1ccccc1. The second-order valence-corrected chi connectivity index (χ2v) is 7.63. The number of carbonyl (C=O) groups excluding carboxylic acids is 3. The maximum atomic E-state index is 13.0. The van der Waals surface area contributed by atoms with Gasteiger partial charge in [0.05, 0.1) is 18.4 Å². The molecule has 134 valence electrons. The Bertz CT molecular complexity index is 964. The monoisotopic (exact) mass is 357 g/mol. The molecule has 1 aliphatic heterocycles. The van der Waals surface area contributed by atoms with Gasteiger partial charge in [0.15, 0.2) is 5.78 Å². The van der Waals surface area contributed by atoms with Gasteiger partial charge in [0.2, 0.25) is 11.8 Å². The smallest absolute Gasteiger partial charge is 0.234 e. The summed E-state index contributed by atoms with van der Waals surface area (Å²) in [6.45, 7) is 0.316. The van der Waals surface area contributed by atoms with E-state index in [0.717, 1.165) is 16.7 Å². The molecule has 4 nitrogen and oxygen atoms in total. The summed E-state index contributed by atoms with van der Waals surface area (Å²) in [7, 11) is 0. The quantitative estimate of drug-likeness (QED) is 0.627. The van der Waals surface area contributed by atoms with E-state index in [1.807, 2.05) is 66.7 Å². The van der Waals surface area contributed by atoms with Crippen LogP contribution in [-0.2, 0) is 20.9 Å². The maximum Gasteiger partial charge on any atom is 0.234 e. The van der Waals surface area contributed by atoms with Crippen LogP contribution >= 0.6 is 0 Å². The largest absolute Gasteiger partial charge is 0.295 e. The number of ketones is 1. The number of imide groups is 1. The van der Waals surface area contributed by atoms with Crippen molar-refractivity contribution >= 4 is 23.7 Å². The van der Waals surface area contributed by atoms with E-state index in [1.54, 1.807) is 0 Å². The second-order valence-electron chi connectivity index (χ2n) is 7.63. The highest BCUT2D eigenvalue weighted by Gasteiger charge is 2.68. The van der Waals surface area contributed by atoms with E-state index in [4.69, 9.17) is 0 Å². The van der Waals surface area contributed by atoms with Crippen molar-refractivity contribution in [2.75, 3.05) is 0 Å². The molecule has 2 amide bonds. The lowest BCUT2D eigenvalue weighted by Crippen LogP contribution is -2.46. The predicted octanol–water partition coefficient (Wildman–Crippen LogP) is 3.09. The molecule has 3 aliphatic rings. The Morgan fingerprint density at radius 3 is 2.15 bits per heavy atom. The lowest BCUT2D eigenvalue weighted by molar-refractivity contribution is -0.140. The van der Waals surface area contributed by atoms with Crippen molar-refractivity contribution in [3.8, 4) is 0 Å². The van der Waals surface area contributed by atoms with Crippen LogP contribution in [0.1, 0.15) is 17.5 Å². The molecular formula is C23H19NO3. The summed E-state index contributed by atoms with van der Waals surface area (Å²) in [5.74, 6) is -0.967. The number of likely N-dealkylation sites (tertiary alicyclic amines) is 1. The molecule has 2 aromatic rings. The molecule has 0 N–H and O–H groups in total. The fourth-order valence-corrected chi connectivity index (χ4v) is 4.97. The Morgan fingerprint density at radius 1 is 0.815 bits per heavy atom. The van der Waals surface area contributed by atoms with Gasteiger partial charge in [-0.1, -0.05) is 60.7 Å². The van der Waals surface area contributed by atoms with E-state index >= 15 is 0 Å². The number of Topliss-reactive ketones (excluding diaryl/α,β-unsaturated/α-hetero) is 1. The topological polar surface area (TPSA) is 54.5 Å². The number of carbonyl (C=O) groups is 3. The van der Waals surface area contributed by atoms with Crippen LogP contribution in [0.3, 0.4) is 0 Å². The Hall–Kier alpha value is -3.01. The average Bonchev–Trinajstić information content (AvgIpc) is 3.04. The number of hydrogen-bond donors (Lipinski definition) is 0. The molecule has 5 rings (SSSR count). The summed E-state index contributed by atoms with van der Waals surface area (Å²) < 4.78 is 0. The second kappa shape index (κ2) is 6.02. The molecule has 0 aromatic heterocycles. The lowest BCUT2D eigenvalue weighted by atomic mass is 9.58. The van der Waals surface area contributed by atoms with Gasteiger partial charge in [-0.15, -0.1) is 0 Å². The zero-order chi connectivity index (χ0) is 18.5. The van der Waals surface area contributed by atoms with Crippen molar-refractivity contribution in [3.63, 3.8) is 0 Å². The normalized spacial score (nSPS) is 30.4. The van der Waals surface area contributed by atoms with Crippen molar-refractivity contribution in [1.82, 2.24) is 4.90 Å². The number of rotatable bonds is 3. The summed E-state index contributed by atoms with van der Waals surface area (Å²) in [6, 6.07) is 19.3. The number of nitrogens with zero attached hydrogens (tertiary/aromatic N) is 1. The highest BCUT2D eigenvalue weighted by molar-refractivity contribution is 6.12. The van der Waals surface area contributed by atoms with E-state index in [0.29, 0.717) is 13.0 Å². The number of fused-ring (bicyclic) bond motifs is 4. The van der Waals surface area contributed by atoms with Crippen LogP contribution in [0.2, 0.25) is 0 Å². The fraction of sp³-hybridized carbons (Fsp3) is 0.261. The molecule has 4 heteroatoms. The molecule has 0 bridgehead atoms. The molecule has 3 fully saturated rings. The van der Waals surface area contributed by atoms with Gasteiger partial charge in [-0.05, 0) is 28.7 Å². The van der Waals surface area contributed by atoms with Crippen molar-refractivity contribution in [3.05, 3.63) is 77.4 Å². The predicted molar refractivity (Wildman–Crippen MR) is 100 cm³/mol. The van der Waals surface area contributed by atoms with Gasteiger partial charge in [-0.25, -0.2) is 0 Å². The van der Waals surface area contributed by atoms with Crippen LogP contribution < -0.4 is 0 Å². The first kappa shape index (κ1) is 16.2. The number of hydrogen-bond acceptors (Lipinski definition) is 3. The Balaban J connectivity index is 1.44. The standard InChI is InChI=1S/C23H19NO3/c25-18-12-17-19(16(18)11-14-7-3-1-4-8-14)21-20(17)22(26)24(23(21)27)13-15-9-5-2-6-10-15/h1-11,17,19-21H,12-13H2/b16-11-/t17-,19+,20+,21-/m1/s1. The molecule has 1 saturated heterocycles. The Labute approximate surface area is 157 Å².